The van der Waals surface area contributed by atoms with Crippen LogP contribution < -0.4 is 5.32 Å². The van der Waals surface area contributed by atoms with E-state index in [2.05, 4.69) is 38.1 Å². The van der Waals surface area contributed by atoms with E-state index in [9.17, 15) is 0 Å². The molecule has 1 aliphatic rings. The summed E-state index contributed by atoms with van der Waals surface area (Å²) in [5.74, 6) is 0.464. The molecule has 1 N–H and O–H groups in total. The van der Waals surface area contributed by atoms with Crippen LogP contribution in [0.15, 0.2) is 6.20 Å². The Balaban J connectivity index is 2.35. The van der Waals surface area contributed by atoms with Crippen LogP contribution in [-0.2, 0) is 4.74 Å². The minimum absolute atomic E-state index is 0.213. The van der Waals surface area contributed by atoms with E-state index in [-0.39, 0.29) is 6.04 Å². The van der Waals surface area contributed by atoms with Crippen molar-refractivity contribution in [2.24, 2.45) is 5.92 Å². The highest BCUT2D eigenvalue weighted by Gasteiger charge is 2.37. The molecule has 1 saturated heterocycles. The zero-order valence-corrected chi connectivity index (χ0v) is 13.7. The van der Waals surface area contributed by atoms with E-state index in [1.165, 1.54) is 0 Å². The molecule has 2 rings (SSSR count). The Kier molecular flexibility index (Phi) is 5.47. The molecule has 1 fully saturated rings. The molecule has 114 valence electrons. The smallest absolute Gasteiger partial charge is 0.0834 e. The summed E-state index contributed by atoms with van der Waals surface area (Å²) in [4.78, 5) is 0. The highest BCUT2D eigenvalue weighted by atomic mass is 35.5. The number of ether oxygens (including phenoxy) is 1. The van der Waals surface area contributed by atoms with E-state index in [4.69, 9.17) is 16.3 Å². The average molecular weight is 300 g/mol. The summed E-state index contributed by atoms with van der Waals surface area (Å²) in [5.41, 5.74) is 1.11. The molecule has 0 amide bonds. The second kappa shape index (κ2) is 6.92. The number of hydrogen-bond acceptors (Lipinski definition) is 3. The van der Waals surface area contributed by atoms with E-state index >= 15 is 0 Å². The first-order valence-corrected chi connectivity index (χ1v) is 8.05. The van der Waals surface area contributed by atoms with Crippen LogP contribution in [0.3, 0.4) is 0 Å². The van der Waals surface area contributed by atoms with E-state index in [0.29, 0.717) is 18.1 Å². The molecule has 0 bridgehead atoms. The summed E-state index contributed by atoms with van der Waals surface area (Å²) >= 11 is 6.42. The first kappa shape index (κ1) is 15.8. The topological polar surface area (TPSA) is 39.1 Å². The standard InChI is InChI=1S/C15H26ClN3O/c1-5-13-11(7-8-20-13)14(17-6-2)15-12(16)9-18-19(15)10(3)4/h9-11,13-14,17H,5-8H2,1-4H3. The van der Waals surface area contributed by atoms with Gasteiger partial charge in [0.25, 0.3) is 0 Å². The van der Waals surface area contributed by atoms with E-state index < -0.39 is 0 Å². The Labute approximate surface area is 126 Å². The number of rotatable bonds is 6. The lowest BCUT2D eigenvalue weighted by atomic mass is 9.89. The van der Waals surface area contributed by atoms with Crippen LogP contribution in [-0.4, -0.2) is 29.0 Å². The fourth-order valence-corrected chi connectivity index (χ4v) is 3.44. The number of nitrogens with zero attached hydrogens (tertiary/aromatic N) is 2. The van der Waals surface area contributed by atoms with Crippen LogP contribution in [0, 0.1) is 5.92 Å². The summed E-state index contributed by atoms with van der Waals surface area (Å²) in [7, 11) is 0. The number of halogens is 1. The molecule has 4 nitrogen and oxygen atoms in total. The van der Waals surface area contributed by atoms with Gasteiger partial charge in [-0.25, -0.2) is 0 Å². The first-order chi connectivity index (χ1) is 9.60. The maximum Gasteiger partial charge on any atom is 0.0834 e. The molecule has 0 saturated carbocycles. The molecule has 0 spiro atoms. The van der Waals surface area contributed by atoms with Crippen LogP contribution in [0.1, 0.15) is 58.3 Å². The van der Waals surface area contributed by atoms with Gasteiger partial charge in [-0.3, -0.25) is 4.68 Å². The zero-order chi connectivity index (χ0) is 14.7. The Hall–Kier alpha value is -0.580. The van der Waals surface area contributed by atoms with Crippen molar-refractivity contribution < 1.29 is 4.74 Å². The van der Waals surface area contributed by atoms with Crippen molar-refractivity contribution >= 4 is 11.6 Å². The van der Waals surface area contributed by atoms with E-state index in [1.807, 2.05) is 4.68 Å². The molecule has 1 aliphatic heterocycles. The minimum atomic E-state index is 0.213. The van der Waals surface area contributed by atoms with Crippen molar-refractivity contribution in [1.82, 2.24) is 15.1 Å². The van der Waals surface area contributed by atoms with Crippen LogP contribution in [0.5, 0.6) is 0 Å². The minimum Gasteiger partial charge on any atom is -0.378 e. The maximum absolute atomic E-state index is 6.42. The van der Waals surface area contributed by atoms with Gasteiger partial charge in [-0.05, 0) is 33.2 Å². The summed E-state index contributed by atoms with van der Waals surface area (Å²) < 4.78 is 7.91. The Morgan fingerprint density at radius 3 is 2.85 bits per heavy atom. The molecule has 0 aromatic carbocycles. The van der Waals surface area contributed by atoms with Gasteiger partial charge in [0.1, 0.15) is 0 Å². The zero-order valence-electron chi connectivity index (χ0n) is 12.9. The van der Waals surface area contributed by atoms with Crippen molar-refractivity contribution in [3.05, 3.63) is 16.9 Å². The van der Waals surface area contributed by atoms with E-state index in [1.54, 1.807) is 6.20 Å². The molecular weight excluding hydrogens is 274 g/mol. The Morgan fingerprint density at radius 2 is 2.25 bits per heavy atom. The quantitative estimate of drug-likeness (QED) is 0.872. The highest BCUT2D eigenvalue weighted by Crippen LogP contribution is 2.38. The third-order valence-corrected chi connectivity index (χ3v) is 4.38. The summed E-state index contributed by atoms with van der Waals surface area (Å²) in [6, 6.07) is 0.519. The molecule has 3 unspecified atom stereocenters. The highest BCUT2D eigenvalue weighted by molar-refractivity contribution is 6.31. The second-order valence-corrected chi connectivity index (χ2v) is 6.13. The number of nitrogens with one attached hydrogen (secondary N) is 1. The van der Waals surface area contributed by atoms with E-state index in [0.717, 1.165) is 36.7 Å². The lowest BCUT2D eigenvalue weighted by Gasteiger charge is -2.29. The van der Waals surface area contributed by atoms with Crippen molar-refractivity contribution in [2.75, 3.05) is 13.2 Å². The predicted molar refractivity (Wildman–Crippen MR) is 82.2 cm³/mol. The Bertz CT molecular complexity index is 433. The van der Waals surface area contributed by atoms with Crippen LogP contribution >= 0.6 is 11.6 Å². The molecule has 0 aliphatic carbocycles. The van der Waals surface area contributed by atoms with Crippen molar-refractivity contribution in [1.29, 1.82) is 0 Å². The first-order valence-electron chi connectivity index (χ1n) is 7.68. The number of aromatic nitrogens is 2. The van der Waals surface area contributed by atoms with Gasteiger partial charge in [0.2, 0.25) is 0 Å². The largest absolute Gasteiger partial charge is 0.378 e. The van der Waals surface area contributed by atoms with Gasteiger partial charge in [0, 0.05) is 18.6 Å². The van der Waals surface area contributed by atoms with Crippen LogP contribution in [0.25, 0.3) is 0 Å². The van der Waals surface area contributed by atoms with Gasteiger partial charge in [-0.1, -0.05) is 25.4 Å². The van der Waals surface area contributed by atoms with Gasteiger partial charge in [0.15, 0.2) is 0 Å². The summed E-state index contributed by atoms with van der Waals surface area (Å²) in [5, 5.41) is 8.80. The van der Waals surface area contributed by atoms with Gasteiger partial charge in [0.05, 0.1) is 29.1 Å². The molecule has 2 heterocycles. The third kappa shape index (κ3) is 3.02. The summed E-state index contributed by atoms with van der Waals surface area (Å²) in [6.07, 6.45) is 4.19. The molecule has 0 radical (unpaired) electrons. The lowest BCUT2D eigenvalue weighted by molar-refractivity contribution is 0.0764. The molecular formula is C15H26ClN3O. The van der Waals surface area contributed by atoms with Crippen LogP contribution in [0.2, 0.25) is 5.02 Å². The Morgan fingerprint density at radius 1 is 1.50 bits per heavy atom. The molecule has 1 aromatic rings. The maximum atomic E-state index is 6.42. The van der Waals surface area contributed by atoms with Crippen molar-refractivity contribution in [3.63, 3.8) is 0 Å². The predicted octanol–water partition coefficient (Wildman–Crippen LogP) is 3.58. The number of hydrogen-bond donors (Lipinski definition) is 1. The van der Waals surface area contributed by atoms with Crippen molar-refractivity contribution in [2.45, 2.75) is 58.7 Å². The lowest BCUT2D eigenvalue weighted by Crippen LogP contribution is -2.34. The van der Waals surface area contributed by atoms with Crippen molar-refractivity contribution in [3.8, 4) is 0 Å². The third-order valence-electron chi connectivity index (χ3n) is 4.09. The fourth-order valence-electron chi connectivity index (χ4n) is 3.19. The second-order valence-electron chi connectivity index (χ2n) is 5.72. The molecule has 3 atom stereocenters. The molecule has 5 heteroatoms. The molecule has 1 aromatic heterocycles. The van der Waals surface area contributed by atoms with Gasteiger partial charge in [-0.2, -0.15) is 5.10 Å². The van der Waals surface area contributed by atoms with Gasteiger partial charge >= 0.3 is 0 Å². The SMILES string of the molecule is CCNC(c1c(Cl)cnn1C(C)C)C1CCOC1CC. The normalized spacial score (nSPS) is 24.5. The van der Waals surface area contributed by atoms with Gasteiger partial charge in [-0.15, -0.1) is 0 Å². The fraction of sp³-hybridized carbons (Fsp3) is 0.800. The monoisotopic (exact) mass is 299 g/mol. The van der Waals surface area contributed by atoms with Gasteiger partial charge < -0.3 is 10.1 Å². The average Bonchev–Trinajstić information content (AvgIpc) is 3.02. The summed E-state index contributed by atoms with van der Waals surface area (Å²) in [6.45, 7) is 10.4. The van der Waals surface area contributed by atoms with Crippen LogP contribution in [0.4, 0.5) is 0 Å². The molecule has 20 heavy (non-hydrogen) atoms.